The van der Waals surface area contributed by atoms with Gasteiger partial charge in [0.05, 0.1) is 0 Å². The van der Waals surface area contributed by atoms with Crippen LogP contribution in [0.2, 0.25) is 0 Å². The second-order valence-corrected chi connectivity index (χ2v) is 7.08. The summed E-state index contributed by atoms with van der Waals surface area (Å²) in [7, 11) is 0. The highest BCUT2D eigenvalue weighted by Gasteiger charge is 2.29. The lowest BCUT2D eigenvalue weighted by atomic mass is 9.97. The fraction of sp³-hybridized carbons (Fsp3) is 0.600. The van der Waals surface area contributed by atoms with Gasteiger partial charge in [-0.3, -0.25) is 4.79 Å². The van der Waals surface area contributed by atoms with E-state index >= 15 is 0 Å². The Kier molecular flexibility index (Phi) is 6.85. The summed E-state index contributed by atoms with van der Waals surface area (Å²) in [5.74, 6) is 0.367. The summed E-state index contributed by atoms with van der Waals surface area (Å²) < 4.78 is 0. The average molecular weight is 345 g/mol. The van der Waals surface area contributed by atoms with Crippen LogP contribution < -0.4 is 5.32 Å². The lowest BCUT2D eigenvalue weighted by Gasteiger charge is -2.33. The Morgan fingerprint density at radius 1 is 1.16 bits per heavy atom. The fourth-order valence-electron chi connectivity index (χ4n) is 3.35. The highest BCUT2D eigenvalue weighted by Crippen LogP contribution is 2.20. The van der Waals surface area contributed by atoms with Crippen LogP contribution in [-0.4, -0.2) is 47.4 Å². The molecule has 0 bridgehead atoms. The molecular weight excluding hydrogens is 314 g/mol. The standard InChI is InChI=1S/C20H31N3O2/c1-5-22(6-2)20(25)21-18(13-15(3)4)19(24)23-12-11-16-9-7-8-10-17(16)14-23/h7-10,15,18H,5-6,11-14H2,1-4H3,(H,21,25)/t18-/m1/s1. The zero-order valence-electron chi connectivity index (χ0n) is 15.9. The summed E-state index contributed by atoms with van der Waals surface area (Å²) in [6.07, 6.45) is 1.53. The predicted molar refractivity (Wildman–Crippen MR) is 100 cm³/mol. The predicted octanol–water partition coefficient (Wildman–Crippen LogP) is 3.04. The number of hydrogen-bond donors (Lipinski definition) is 1. The van der Waals surface area contributed by atoms with Gasteiger partial charge in [-0.05, 0) is 43.7 Å². The van der Waals surface area contributed by atoms with E-state index in [9.17, 15) is 9.59 Å². The van der Waals surface area contributed by atoms with Crippen LogP contribution in [0.4, 0.5) is 4.79 Å². The van der Waals surface area contributed by atoms with E-state index in [0.29, 0.717) is 38.5 Å². The summed E-state index contributed by atoms with van der Waals surface area (Å²) in [4.78, 5) is 29.1. The van der Waals surface area contributed by atoms with Crippen LogP contribution in [-0.2, 0) is 17.8 Å². The molecule has 0 aromatic heterocycles. The molecule has 1 heterocycles. The molecule has 0 saturated carbocycles. The maximum Gasteiger partial charge on any atom is 0.318 e. The molecule has 1 aliphatic heterocycles. The highest BCUT2D eigenvalue weighted by molar-refractivity contribution is 5.87. The quantitative estimate of drug-likeness (QED) is 0.861. The number of nitrogens with one attached hydrogen (secondary N) is 1. The van der Waals surface area contributed by atoms with Gasteiger partial charge in [0, 0.05) is 26.2 Å². The Bertz CT molecular complexity index is 596. The van der Waals surface area contributed by atoms with Crippen LogP contribution in [0.3, 0.4) is 0 Å². The van der Waals surface area contributed by atoms with Crippen molar-refractivity contribution in [3.8, 4) is 0 Å². The lowest BCUT2D eigenvalue weighted by Crippen LogP contribution is -2.53. The molecule has 0 fully saturated rings. The van der Waals surface area contributed by atoms with Crippen LogP contribution in [0, 0.1) is 5.92 Å². The summed E-state index contributed by atoms with van der Waals surface area (Å²) in [5, 5.41) is 2.97. The third kappa shape index (κ3) is 4.97. The van der Waals surface area contributed by atoms with Crippen LogP contribution in [0.5, 0.6) is 0 Å². The molecule has 0 saturated heterocycles. The number of urea groups is 1. The Labute approximate surface area is 151 Å². The number of hydrogen-bond acceptors (Lipinski definition) is 2. The van der Waals surface area contributed by atoms with E-state index in [2.05, 4.69) is 31.3 Å². The van der Waals surface area contributed by atoms with Crippen molar-refractivity contribution in [2.24, 2.45) is 5.92 Å². The Morgan fingerprint density at radius 2 is 1.80 bits per heavy atom. The van der Waals surface area contributed by atoms with Crippen molar-refractivity contribution < 1.29 is 9.59 Å². The number of rotatable bonds is 6. The first kappa shape index (κ1) is 19.3. The van der Waals surface area contributed by atoms with E-state index < -0.39 is 6.04 Å². The van der Waals surface area contributed by atoms with Gasteiger partial charge in [0.1, 0.15) is 6.04 Å². The van der Waals surface area contributed by atoms with Crippen LogP contribution in [0.25, 0.3) is 0 Å². The average Bonchev–Trinajstić information content (AvgIpc) is 2.60. The molecule has 5 nitrogen and oxygen atoms in total. The van der Waals surface area contributed by atoms with E-state index in [1.807, 2.05) is 30.9 Å². The van der Waals surface area contributed by atoms with E-state index in [-0.39, 0.29) is 11.9 Å². The van der Waals surface area contributed by atoms with Crippen molar-refractivity contribution >= 4 is 11.9 Å². The van der Waals surface area contributed by atoms with Crippen molar-refractivity contribution in [3.05, 3.63) is 35.4 Å². The molecule has 0 aliphatic carbocycles. The van der Waals surface area contributed by atoms with Crippen LogP contribution in [0.1, 0.15) is 45.2 Å². The van der Waals surface area contributed by atoms with E-state index in [4.69, 9.17) is 0 Å². The third-order valence-electron chi connectivity index (χ3n) is 4.80. The number of benzene rings is 1. The number of fused-ring (bicyclic) bond motifs is 1. The second kappa shape index (κ2) is 8.88. The van der Waals surface area contributed by atoms with Gasteiger partial charge in [0.15, 0.2) is 0 Å². The molecule has 1 N–H and O–H groups in total. The summed E-state index contributed by atoms with van der Waals surface area (Å²) >= 11 is 0. The minimum absolute atomic E-state index is 0.0312. The van der Waals surface area contributed by atoms with Gasteiger partial charge in [-0.2, -0.15) is 0 Å². The molecule has 1 aliphatic rings. The SMILES string of the molecule is CCN(CC)C(=O)N[C@H](CC(C)C)C(=O)N1CCc2ccccc2C1. The van der Waals surface area contributed by atoms with Gasteiger partial charge in [-0.1, -0.05) is 38.1 Å². The normalized spacial score (nSPS) is 14.8. The molecule has 3 amide bonds. The fourth-order valence-corrected chi connectivity index (χ4v) is 3.35. The van der Waals surface area contributed by atoms with Crippen LogP contribution >= 0.6 is 0 Å². The molecule has 0 spiro atoms. The van der Waals surface area contributed by atoms with E-state index in [0.717, 1.165) is 6.42 Å². The maximum atomic E-state index is 13.1. The van der Waals surface area contributed by atoms with E-state index in [1.54, 1.807) is 4.90 Å². The first-order valence-electron chi connectivity index (χ1n) is 9.37. The zero-order valence-corrected chi connectivity index (χ0v) is 15.9. The molecule has 1 atom stereocenters. The summed E-state index contributed by atoms with van der Waals surface area (Å²) in [6.45, 7) is 10.7. The molecule has 2 rings (SSSR count). The molecule has 0 radical (unpaired) electrons. The first-order chi connectivity index (χ1) is 12.0. The molecule has 5 heteroatoms. The summed E-state index contributed by atoms with van der Waals surface area (Å²) in [6, 6.07) is 7.66. The maximum absolute atomic E-state index is 13.1. The Morgan fingerprint density at radius 3 is 2.40 bits per heavy atom. The van der Waals surface area contributed by atoms with Crippen molar-refractivity contribution in [1.29, 1.82) is 0 Å². The van der Waals surface area contributed by atoms with Gasteiger partial charge in [-0.15, -0.1) is 0 Å². The van der Waals surface area contributed by atoms with Crippen molar-refractivity contribution in [1.82, 2.24) is 15.1 Å². The third-order valence-corrected chi connectivity index (χ3v) is 4.80. The number of carbonyl (C=O) groups is 2. The molecule has 0 unspecified atom stereocenters. The topological polar surface area (TPSA) is 52.7 Å². The van der Waals surface area contributed by atoms with Gasteiger partial charge in [-0.25, -0.2) is 4.79 Å². The minimum atomic E-state index is -0.460. The number of carbonyl (C=O) groups excluding carboxylic acids is 2. The van der Waals surface area contributed by atoms with Crippen molar-refractivity contribution in [2.45, 2.75) is 53.1 Å². The highest BCUT2D eigenvalue weighted by atomic mass is 16.2. The second-order valence-electron chi connectivity index (χ2n) is 7.08. The Balaban J connectivity index is 2.09. The summed E-state index contributed by atoms with van der Waals surface area (Å²) in [5.41, 5.74) is 2.53. The minimum Gasteiger partial charge on any atom is -0.336 e. The number of amides is 3. The number of nitrogens with zero attached hydrogens (tertiary/aromatic N) is 2. The van der Waals surface area contributed by atoms with Gasteiger partial charge >= 0.3 is 6.03 Å². The monoisotopic (exact) mass is 345 g/mol. The van der Waals surface area contributed by atoms with Crippen molar-refractivity contribution in [2.75, 3.05) is 19.6 Å². The molecule has 1 aromatic carbocycles. The van der Waals surface area contributed by atoms with Crippen LogP contribution in [0.15, 0.2) is 24.3 Å². The molecule has 138 valence electrons. The van der Waals surface area contributed by atoms with Crippen molar-refractivity contribution in [3.63, 3.8) is 0 Å². The Hall–Kier alpha value is -2.04. The largest absolute Gasteiger partial charge is 0.336 e. The van der Waals surface area contributed by atoms with Gasteiger partial charge in [0.2, 0.25) is 5.91 Å². The molecule has 25 heavy (non-hydrogen) atoms. The smallest absolute Gasteiger partial charge is 0.318 e. The van der Waals surface area contributed by atoms with E-state index in [1.165, 1.54) is 11.1 Å². The zero-order chi connectivity index (χ0) is 18.4. The van der Waals surface area contributed by atoms with Gasteiger partial charge < -0.3 is 15.1 Å². The van der Waals surface area contributed by atoms with Gasteiger partial charge in [0.25, 0.3) is 0 Å². The molecular formula is C20H31N3O2. The molecule has 1 aromatic rings. The first-order valence-corrected chi connectivity index (χ1v) is 9.37. The lowest BCUT2D eigenvalue weighted by molar-refractivity contribution is -0.134.